The Morgan fingerprint density at radius 2 is 2.08 bits per heavy atom. The van der Waals surface area contributed by atoms with Crippen LogP contribution in [0.5, 0.6) is 5.88 Å². The van der Waals surface area contributed by atoms with Crippen molar-refractivity contribution in [1.29, 1.82) is 0 Å². The van der Waals surface area contributed by atoms with Crippen molar-refractivity contribution in [3.8, 4) is 5.88 Å². The summed E-state index contributed by atoms with van der Waals surface area (Å²) in [5.74, 6) is 0.263. The van der Waals surface area contributed by atoms with E-state index in [0.717, 1.165) is 24.5 Å². The predicted molar refractivity (Wildman–Crippen MR) is 103 cm³/mol. The molecular weight excluding hydrogens is 352 g/mol. The molecule has 3 rings (SSSR count). The number of amides is 1. The number of carbonyl (C=O) groups excluding carboxylic acids is 1. The fourth-order valence-electron chi connectivity index (χ4n) is 3.18. The monoisotopic (exact) mass is 374 g/mol. The summed E-state index contributed by atoms with van der Waals surface area (Å²) in [5.41, 5.74) is 0.463. The first-order valence-corrected chi connectivity index (χ1v) is 9.94. The number of hydrogen-bond donors (Lipinski definition) is 1. The van der Waals surface area contributed by atoms with Crippen molar-refractivity contribution in [3.05, 3.63) is 43.7 Å². The van der Waals surface area contributed by atoms with Gasteiger partial charge in [0.15, 0.2) is 3.95 Å². The summed E-state index contributed by atoms with van der Waals surface area (Å²) in [6, 6.07) is 7.40. The fraction of sp³-hybridized carbons (Fsp3) is 0.421. The summed E-state index contributed by atoms with van der Waals surface area (Å²) >= 11 is 6.77. The summed E-state index contributed by atoms with van der Waals surface area (Å²) < 4.78 is 2.38. The molecule has 0 saturated carbocycles. The molecule has 2 aromatic rings. The van der Waals surface area contributed by atoms with Gasteiger partial charge in [-0.15, -0.1) is 11.3 Å². The molecule has 0 bridgehead atoms. The number of fused-ring (bicyclic) bond motifs is 1. The van der Waals surface area contributed by atoms with Crippen molar-refractivity contribution in [2.45, 2.75) is 46.1 Å². The molecule has 1 aromatic heterocycles. The van der Waals surface area contributed by atoms with E-state index in [9.17, 15) is 9.90 Å². The Hall–Kier alpha value is -1.79. The van der Waals surface area contributed by atoms with Gasteiger partial charge in [-0.1, -0.05) is 51.3 Å². The maximum atomic E-state index is 12.4. The highest BCUT2D eigenvalue weighted by Gasteiger charge is 2.25. The summed E-state index contributed by atoms with van der Waals surface area (Å²) in [6.07, 6.45) is 4.49. The molecule has 6 heteroatoms. The second kappa shape index (κ2) is 7.62. The molecule has 0 unspecified atom stereocenters. The number of rotatable bonds is 7. The van der Waals surface area contributed by atoms with Crippen LogP contribution < -0.4 is 10.6 Å². The van der Waals surface area contributed by atoms with E-state index in [0.29, 0.717) is 32.2 Å². The molecule has 0 radical (unpaired) electrons. The van der Waals surface area contributed by atoms with Crippen molar-refractivity contribution in [2.75, 3.05) is 0 Å². The Labute approximate surface area is 156 Å². The van der Waals surface area contributed by atoms with Gasteiger partial charge in [-0.2, -0.15) is 0 Å². The van der Waals surface area contributed by atoms with Crippen molar-refractivity contribution >= 4 is 35.0 Å². The van der Waals surface area contributed by atoms with Gasteiger partial charge in [0.25, 0.3) is 5.91 Å². The Morgan fingerprint density at radius 3 is 2.80 bits per heavy atom. The molecule has 1 aromatic carbocycles. The third-order valence-electron chi connectivity index (χ3n) is 4.69. The van der Waals surface area contributed by atoms with Crippen molar-refractivity contribution in [3.63, 3.8) is 0 Å². The number of hydrogen-bond acceptors (Lipinski definition) is 4. The molecule has 1 amide bonds. The van der Waals surface area contributed by atoms with Crippen LogP contribution in [-0.4, -0.2) is 15.6 Å². The fourth-order valence-corrected chi connectivity index (χ4v) is 4.54. The van der Waals surface area contributed by atoms with E-state index in [-0.39, 0.29) is 11.8 Å². The molecule has 1 atom stereocenters. The van der Waals surface area contributed by atoms with Gasteiger partial charge in [0.2, 0.25) is 5.88 Å². The second-order valence-electron chi connectivity index (χ2n) is 6.36. The van der Waals surface area contributed by atoms with E-state index in [4.69, 9.17) is 12.2 Å². The van der Waals surface area contributed by atoms with E-state index in [2.05, 4.69) is 18.8 Å². The van der Waals surface area contributed by atoms with Crippen LogP contribution in [0.4, 0.5) is 0 Å². The van der Waals surface area contributed by atoms with Crippen LogP contribution in [0.25, 0.3) is 5.57 Å². The number of aromatic hydroxyl groups is 1. The highest BCUT2D eigenvalue weighted by Crippen LogP contribution is 2.33. The molecule has 4 nitrogen and oxygen atoms in total. The Kier molecular flexibility index (Phi) is 5.49. The molecule has 0 aliphatic carbocycles. The molecule has 0 saturated heterocycles. The highest BCUT2D eigenvalue weighted by atomic mass is 32.1. The molecule has 1 N–H and O–H groups in total. The molecule has 0 fully saturated rings. The number of para-hydroxylation sites is 1. The first kappa shape index (κ1) is 18.0. The van der Waals surface area contributed by atoms with Gasteiger partial charge >= 0.3 is 0 Å². The third kappa shape index (κ3) is 3.46. The quantitative estimate of drug-likeness (QED) is 0.754. The van der Waals surface area contributed by atoms with Gasteiger partial charge in [-0.05, 0) is 30.6 Å². The van der Waals surface area contributed by atoms with Gasteiger partial charge in [-0.3, -0.25) is 9.36 Å². The smallest absolute Gasteiger partial charge is 0.279 e. The molecular formula is C19H22N2O2S2. The summed E-state index contributed by atoms with van der Waals surface area (Å²) in [4.78, 5) is 17.0. The van der Waals surface area contributed by atoms with Crippen molar-refractivity contribution < 1.29 is 9.90 Å². The summed E-state index contributed by atoms with van der Waals surface area (Å²) in [6.45, 7) is 5.04. The first-order valence-electron chi connectivity index (χ1n) is 8.72. The van der Waals surface area contributed by atoms with Crippen molar-refractivity contribution in [1.82, 2.24) is 4.57 Å². The zero-order valence-electron chi connectivity index (χ0n) is 14.5. The van der Waals surface area contributed by atoms with E-state index >= 15 is 0 Å². The van der Waals surface area contributed by atoms with Crippen molar-refractivity contribution in [2.24, 2.45) is 10.9 Å². The average Bonchev–Trinajstić information content (AvgIpc) is 3.07. The first-order chi connectivity index (χ1) is 12.1. The van der Waals surface area contributed by atoms with Crippen LogP contribution in [0.15, 0.2) is 29.3 Å². The molecule has 2 heterocycles. The summed E-state index contributed by atoms with van der Waals surface area (Å²) in [7, 11) is 0. The lowest BCUT2D eigenvalue weighted by Gasteiger charge is -2.15. The predicted octanol–water partition coefficient (Wildman–Crippen LogP) is 3.56. The zero-order chi connectivity index (χ0) is 18.0. The second-order valence-corrected chi connectivity index (χ2v) is 8.00. The van der Waals surface area contributed by atoms with Crippen LogP contribution in [0, 0.1) is 9.87 Å². The lowest BCUT2D eigenvalue weighted by atomic mass is 9.99. The minimum Gasteiger partial charge on any atom is -0.493 e. The van der Waals surface area contributed by atoms with Crippen LogP contribution in [0.3, 0.4) is 0 Å². The minimum atomic E-state index is -0.307. The molecule has 25 heavy (non-hydrogen) atoms. The van der Waals surface area contributed by atoms with E-state index in [1.165, 1.54) is 17.8 Å². The Bertz CT molecular complexity index is 972. The largest absolute Gasteiger partial charge is 0.493 e. The standard InChI is InChI=1S/C19H22N2O2S2/c1-3-5-8-12(4-2)11-21-18(23)16(25-19(21)24)15-13-9-6-7-10-14(13)20-17(15)22/h6-7,9-10,12,23H,3-5,8,11H2,1-2H3/t12-/m1/s1. The summed E-state index contributed by atoms with van der Waals surface area (Å²) in [5, 5.41) is 12.2. The van der Waals surface area contributed by atoms with E-state index in [1.54, 1.807) is 4.57 Å². The van der Waals surface area contributed by atoms with Crippen LogP contribution >= 0.6 is 23.6 Å². The Balaban J connectivity index is 2.03. The van der Waals surface area contributed by atoms with Crippen LogP contribution in [0.1, 0.15) is 44.4 Å². The van der Waals surface area contributed by atoms with Gasteiger partial charge in [-0.25, -0.2) is 4.99 Å². The van der Waals surface area contributed by atoms with Gasteiger partial charge in [0.05, 0.1) is 10.9 Å². The highest BCUT2D eigenvalue weighted by molar-refractivity contribution is 7.73. The maximum absolute atomic E-state index is 12.4. The number of unbranched alkanes of at least 4 members (excludes halogenated alkanes) is 1. The van der Waals surface area contributed by atoms with E-state index in [1.807, 2.05) is 24.3 Å². The number of nitrogens with zero attached hydrogens (tertiary/aromatic N) is 2. The third-order valence-corrected chi connectivity index (χ3v) is 6.15. The number of aromatic nitrogens is 1. The van der Waals surface area contributed by atoms with Gasteiger partial charge in [0, 0.05) is 11.8 Å². The number of benzene rings is 1. The molecule has 132 valence electrons. The lowest BCUT2D eigenvalue weighted by Crippen LogP contribution is -2.22. The lowest BCUT2D eigenvalue weighted by molar-refractivity contribution is -0.112. The average molecular weight is 375 g/mol. The van der Waals surface area contributed by atoms with Gasteiger partial charge < -0.3 is 5.11 Å². The Morgan fingerprint density at radius 1 is 1.32 bits per heavy atom. The SMILES string of the molecule is CCCC[C@@H](CC)Cn1c(O)c(C2=c3ccccc3=NC2=O)sc1=S. The maximum Gasteiger partial charge on any atom is 0.279 e. The zero-order valence-corrected chi connectivity index (χ0v) is 16.1. The number of carbonyl (C=O) groups is 1. The van der Waals surface area contributed by atoms with E-state index < -0.39 is 0 Å². The van der Waals surface area contributed by atoms with Gasteiger partial charge in [0.1, 0.15) is 4.88 Å². The molecule has 1 aliphatic heterocycles. The minimum absolute atomic E-state index is 0.0974. The van der Waals surface area contributed by atoms with Crippen LogP contribution in [0.2, 0.25) is 0 Å². The normalized spacial score (nSPS) is 14.5. The van der Waals surface area contributed by atoms with Crippen LogP contribution in [-0.2, 0) is 11.3 Å². The molecule has 1 aliphatic rings. The number of thiazole rings is 1. The topological polar surface area (TPSA) is 54.6 Å². The molecule has 0 spiro atoms.